The van der Waals surface area contributed by atoms with Crippen molar-refractivity contribution in [3.05, 3.63) is 63.7 Å². The second-order valence-corrected chi connectivity index (χ2v) is 8.17. The molecule has 28 heavy (non-hydrogen) atoms. The number of hydrogen-bond donors (Lipinski definition) is 1. The van der Waals surface area contributed by atoms with Crippen LogP contribution in [0.5, 0.6) is 0 Å². The molecule has 1 N–H and O–H groups in total. The molecule has 0 saturated carbocycles. The summed E-state index contributed by atoms with van der Waals surface area (Å²) in [6.07, 6.45) is 1.54. The fourth-order valence-corrected chi connectivity index (χ4v) is 4.21. The number of ether oxygens (including phenoxy) is 1. The first kappa shape index (κ1) is 19.9. The Morgan fingerprint density at radius 3 is 2.64 bits per heavy atom. The van der Waals surface area contributed by atoms with Gasteiger partial charge < -0.3 is 4.74 Å². The molecule has 1 heterocycles. The summed E-state index contributed by atoms with van der Waals surface area (Å²) >= 11 is 0. The van der Waals surface area contributed by atoms with E-state index >= 15 is 0 Å². The first-order chi connectivity index (χ1) is 13.4. The number of nitro benzene ring substituents is 1. The lowest BCUT2D eigenvalue weighted by Gasteiger charge is -2.26. The fourth-order valence-electron chi connectivity index (χ4n) is 2.78. The summed E-state index contributed by atoms with van der Waals surface area (Å²) in [5.74, 6) is 0. The van der Waals surface area contributed by atoms with Crippen molar-refractivity contribution in [2.24, 2.45) is 5.10 Å². The lowest BCUT2D eigenvalue weighted by molar-refractivity contribution is -0.384. The maximum Gasteiger partial charge on any atom is 0.295 e. The highest BCUT2D eigenvalue weighted by Crippen LogP contribution is 2.29. The minimum atomic E-state index is -3.82. The molecule has 0 aliphatic carbocycles. The number of sulfonamides is 1. The molecule has 10 heteroatoms. The molecular formula is C18H20N4O5S. The van der Waals surface area contributed by atoms with Gasteiger partial charge in [0.15, 0.2) is 0 Å². The van der Waals surface area contributed by atoms with Crippen LogP contribution in [0.15, 0.2) is 52.5 Å². The summed E-state index contributed by atoms with van der Waals surface area (Å²) in [5, 5.41) is 15.5. The van der Waals surface area contributed by atoms with Crippen LogP contribution in [0.1, 0.15) is 11.1 Å². The summed E-state index contributed by atoms with van der Waals surface area (Å²) in [6.45, 7) is 2.99. The number of hydrogen-bond acceptors (Lipinski definition) is 7. The highest BCUT2D eigenvalue weighted by molar-refractivity contribution is 7.89. The molecule has 0 spiro atoms. The Balaban J connectivity index is 1.84. The number of rotatable bonds is 6. The quantitative estimate of drug-likeness (QED) is 0.449. The van der Waals surface area contributed by atoms with Gasteiger partial charge in [0.1, 0.15) is 5.69 Å². The van der Waals surface area contributed by atoms with Crippen molar-refractivity contribution >= 4 is 27.6 Å². The van der Waals surface area contributed by atoms with Gasteiger partial charge in [-0.2, -0.15) is 9.41 Å². The van der Waals surface area contributed by atoms with E-state index in [1.807, 2.05) is 31.2 Å². The molecule has 2 aromatic rings. The van der Waals surface area contributed by atoms with Crippen molar-refractivity contribution in [3.8, 4) is 0 Å². The van der Waals surface area contributed by atoms with Crippen molar-refractivity contribution in [2.75, 3.05) is 31.7 Å². The molecule has 2 aromatic carbocycles. The topological polar surface area (TPSA) is 114 Å². The Hall–Kier alpha value is -2.82. The molecule has 0 unspecified atom stereocenters. The predicted molar refractivity (Wildman–Crippen MR) is 105 cm³/mol. The summed E-state index contributed by atoms with van der Waals surface area (Å²) < 4.78 is 31.8. The van der Waals surface area contributed by atoms with E-state index in [2.05, 4.69) is 10.5 Å². The van der Waals surface area contributed by atoms with Crippen LogP contribution in [0, 0.1) is 17.0 Å². The molecule has 3 rings (SSSR count). The Morgan fingerprint density at radius 2 is 1.96 bits per heavy atom. The second kappa shape index (κ2) is 8.46. The zero-order valence-corrected chi connectivity index (χ0v) is 16.1. The van der Waals surface area contributed by atoms with Crippen LogP contribution in [0.4, 0.5) is 11.4 Å². The summed E-state index contributed by atoms with van der Waals surface area (Å²) in [7, 11) is -3.82. The fraction of sp³-hybridized carbons (Fsp3) is 0.278. The lowest BCUT2D eigenvalue weighted by Crippen LogP contribution is -2.40. The number of morpholine rings is 1. The van der Waals surface area contributed by atoms with Gasteiger partial charge in [0.05, 0.1) is 29.2 Å². The molecule has 9 nitrogen and oxygen atoms in total. The Bertz CT molecular complexity index is 1000. The maximum absolute atomic E-state index is 12.7. The largest absolute Gasteiger partial charge is 0.379 e. The van der Waals surface area contributed by atoms with Gasteiger partial charge in [-0.3, -0.25) is 15.5 Å². The Kier molecular flexibility index (Phi) is 6.02. The van der Waals surface area contributed by atoms with Gasteiger partial charge in [0.2, 0.25) is 10.0 Å². The third-order valence-electron chi connectivity index (χ3n) is 4.21. The van der Waals surface area contributed by atoms with E-state index in [9.17, 15) is 18.5 Å². The van der Waals surface area contributed by atoms with Crippen molar-refractivity contribution in [1.29, 1.82) is 0 Å². The standard InChI is InChI=1S/C18H20N4O5S/c1-14-3-2-4-15(11-14)13-19-20-17-6-5-16(12-18(17)22(23)24)28(25,26)21-7-9-27-10-8-21/h2-6,11-13,20H,7-10H2,1H3. The van der Waals surface area contributed by atoms with Gasteiger partial charge in [0.25, 0.3) is 5.69 Å². The number of aryl methyl sites for hydroxylation is 1. The van der Waals surface area contributed by atoms with Gasteiger partial charge in [-0.15, -0.1) is 0 Å². The smallest absolute Gasteiger partial charge is 0.295 e. The zero-order chi connectivity index (χ0) is 20.1. The highest BCUT2D eigenvalue weighted by Gasteiger charge is 2.28. The number of nitrogens with zero attached hydrogens (tertiary/aromatic N) is 3. The average molecular weight is 404 g/mol. The molecule has 0 bridgehead atoms. The van der Waals surface area contributed by atoms with E-state index in [4.69, 9.17) is 4.74 Å². The number of nitrogens with one attached hydrogen (secondary N) is 1. The van der Waals surface area contributed by atoms with E-state index in [1.165, 1.54) is 22.7 Å². The van der Waals surface area contributed by atoms with E-state index in [-0.39, 0.29) is 29.4 Å². The van der Waals surface area contributed by atoms with E-state index in [1.54, 1.807) is 0 Å². The molecule has 1 fully saturated rings. The van der Waals surface area contributed by atoms with Crippen molar-refractivity contribution < 1.29 is 18.1 Å². The van der Waals surface area contributed by atoms with Gasteiger partial charge in [0, 0.05) is 19.2 Å². The van der Waals surface area contributed by atoms with Crippen molar-refractivity contribution in [2.45, 2.75) is 11.8 Å². The molecule has 0 atom stereocenters. The summed E-state index contributed by atoms with van der Waals surface area (Å²) in [6, 6.07) is 11.3. The first-order valence-electron chi connectivity index (χ1n) is 8.60. The normalized spacial score (nSPS) is 15.6. The highest BCUT2D eigenvalue weighted by atomic mass is 32.2. The van der Waals surface area contributed by atoms with Crippen LogP contribution < -0.4 is 5.43 Å². The predicted octanol–water partition coefficient (Wildman–Crippen LogP) is 2.37. The van der Waals surface area contributed by atoms with Crippen LogP contribution in [0.2, 0.25) is 0 Å². The molecule has 1 saturated heterocycles. The minimum Gasteiger partial charge on any atom is -0.379 e. The van der Waals surface area contributed by atoms with Gasteiger partial charge in [-0.05, 0) is 24.6 Å². The molecule has 1 aliphatic heterocycles. The van der Waals surface area contributed by atoms with Crippen molar-refractivity contribution in [3.63, 3.8) is 0 Å². The van der Waals surface area contributed by atoms with E-state index < -0.39 is 14.9 Å². The molecule has 0 radical (unpaired) electrons. The number of hydrazone groups is 1. The monoisotopic (exact) mass is 404 g/mol. The second-order valence-electron chi connectivity index (χ2n) is 6.24. The number of anilines is 1. The number of benzene rings is 2. The van der Waals surface area contributed by atoms with Gasteiger partial charge in [-0.1, -0.05) is 29.8 Å². The van der Waals surface area contributed by atoms with Crippen LogP contribution >= 0.6 is 0 Å². The van der Waals surface area contributed by atoms with Crippen LogP contribution in [0.25, 0.3) is 0 Å². The molecule has 0 aromatic heterocycles. The Labute approximate surface area is 162 Å². The maximum atomic E-state index is 12.7. The van der Waals surface area contributed by atoms with Crippen molar-refractivity contribution in [1.82, 2.24) is 4.31 Å². The summed E-state index contributed by atoms with van der Waals surface area (Å²) in [4.78, 5) is 10.7. The minimum absolute atomic E-state index is 0.106. The molecule has 148 valence electrons. The Morgan fingerprint density at radius 1 is 1.21 bits per heavy atom. The van der Waals surface area contributed by atoms with Crippen LogP contribution in [-0.2, 0) is 14.8 Å². The average Bonchev–Trinajstić information content (AvgIpc) is 2.68. The molecule has 1 aliphatic rings. The summed E-state index contributed by atoms with van der Waals surface area (Å²) in [5.41, 5.74) is 4.26. The van der Waals surface area contributed by atoms with Crippen LogP contribution in [0.3, 0.4) is 0 Å². The van der Waals surface area contributed by atoms with Gasteiger partial charge >= 0.3 is 0 Å². The zero-order valence-electron chi connectivity index (χ0n) is 15.2. The van der Waals surface area contributed by atoms with Gasteiger partial charge in [-0.25, -0.2) is 8.42 Å². The van der Waals surface area contributed by atoms with E-state index in [0.717, 1.165) is 17.2 Å². The first-order valence-corrected chi connectivity index (χ1v) is 10.0. The number of nitro groups is 1. The lowest BCUT2D eigenvalue weighted by atomic mass is 10.2. The van der Waals surface area contributed by atoms with E-state index in [0.29, 0.717) is 13.2 Å². The van der Waals surface area contributed by atoms with Crippen LogP contribution in [-0.4, -0.2) is 50.2 Å². The molecular weight excluding hydrogens is 384 g/mol. The SMILES string of the molecule is Cc1cccc(C=NNc2ccc(S(=O)(=O)N3CCOCC3)cc2[N+](=O)[O-])c1. The third kappa shape index (κ3) is 4.53. The third-order valence-corrected chi connectivity index (χ3v) is 6.11. The molecule has 0 amide bonds.